The van der Waals surface area contributed by atoms with Crippen LogP contribution in [-0.2, 0) is 9.53 Å². The lowest BCUT2D eigenvalue weighted by Gasteiger charge is -2.37. The number of rotatable bonds is 2. The summed E-state index contributed by atoms with van der Waals surface area (Å²) >= 11 is 0. The number of nitrogens with zero attached hydrogens (tertiary/aromatic N) is 2. The summed E-state index contributed by atoms with van der Waals surface area (Å²) in [6.45, 7) is 3.76. The van der Waals surface area contributed by atoms with E-state index in [9.17, 15) is 4.79 Å². The van der Waals surface area contributed by atoms with Crippen LogP contribution in [-0.4, -0.2) is 26.2 Å². The molecule has 0 N–H and O–H groups in total. The zero-order chi connectivity index (χ0) is 13.8. The Labute approximate surface area is 113 Å². The van der Waals surface area contributed by atoms with E-state index < -0.39 is 0 Å². The Morgan fingerprint density at radius 2 is 2.11 bits per heavy atom. The third-order valence-corrected chi connectivity index (χ3v) is 3.77. The van der Waals surface area contributed by atoms with Gasteiger partial charge in [-0.3, -0.25) is 4.79 Å². The number of anilines is 1. The van der Waals surface area contributed by atoms with Crippen molar-refractivity contribution in [2.24, 2.45) is 11.8 Å². The Morgan fingerprint density at radius 3 is 2.63 bits per heavy atom. The normalized spacial score (nSPS) is 22.7. The topological polar surface area (TPSA) is 53.3 Å². The van der Waals surface area contributed by atoms with Gasteiger partial charge in [0, 0.05) is 18.8 Å². The van der Waals surface area contributed by atoms with Crippen LogP contribution in [0.5, 0.6) is 0 Å². The molecule has 0 saturated carbocycles. The van der Waals surface area contributed by atoms with Gasteiger partial charge in [0.05, 0.1) is 24.7 Å². The molecule has 4 heteroatoms. The second-order valence-electron chi connectivity index (χ2n) is 5.00. The number of carbonyl (C=O) groups excluding carboxylic acids is 1. The molecule has 2 rings (SSSR count). The lowest BCUT2D eigenvalue weighted by atomic mass is 9.86. The Kier molecular flexibility index (Phi) is 4.06. The predicted molar refractivity (Wildman–Crippen MR) is 72.7 cm³/mol. The zero-order valence-corrected chi connectivity index (χ0v) is 11.3. The van der Waals surface area contributed by atoms with E-state index in [1.165, 1.54) is 7.11 Å². The third kappa shape index (κ3) is 2.87. The maximum absolute atomic E-state index is 11.6. The Bertz CT molecular complexity index is 490. The Hall–Kier alpha value is -2.02. The number of carbonyl (C=O) groups is 1. The molecular weight excluding hydrogens is 240 g/mol. The van der Waals surface area contributed by atoms with Crippen molar-refractivity contribution < 1.29 is 9.53 Å². The minimum absolute atomic E-state index is 0.000341. The van der Waals surface area contributed by atoms with Gasteiger partial charge in [-0.1, -0.05) is 6.92 Å². The first-order chi connectivity index (χ1) is 9.15. The van der Waals surface area contributed by atoms with Crippen LogP contribution in [0, 0.1) is 23.2 Å². The van der Waals surface area contributed by atoms with Crippen molar-refractivity contribution in [2.45, 2.75) is 13.3 Å². The van der Waals surface area contributed by atoms with Crippen LogP contribution in [0.2, 0.25) is 0 Å². The quantitative estimate of drug-likeness (QED) is 0.763. The summed E-state index contributed by atoms with van der Waals surface area (Å²) in [5, 5.41) is 8.79. The Morgan fingerprint density at radius 1 is 1.42 bits per heavy atom. The first-order valence-electron chi connectivity index (χ1n) is 6.48. The number of nitriles is 1. The molecule has 0 spiro atoms. The fourth-order valence-electron chi connectivity index (χ4n) is 2.63. The van der Waals surface area contributed by atoms with Gasteiger partial charge in [-0.25, -0.2) is 0 Å². The van der Waals surface area contributed by atoms with Gasteiger partial charge in [-0.2, -0.15) is 5.26 Å². The van der Waals surface area contributed by atoms with Crippen molar-refractivity contribution in [3.05, 3.63) is 29.8 Å². The molecule has 0 aromatic heterocycles. The van der Waals surface area contributed by atoms with E-state index in [1.54, 1.807) is 0 Å². The molecule has 1 aliphatic heterocycles. The molecule has 2 atom stereocenters. The van der Waals surface area contributed by atoms with Gasteiger partial charge in [0.25, 0.3) is 0 Å². The molecule has 0 radical (unpaired) electrons. The molecule has 1 fully saturated rings. The first-order valence-corrected chi connectivity index (χ1v) is 6.48. The van der Waals surface area contributed by atoms with Crippen molar-refractivity contribution >= 4 is 11.7 Å². The predicted octanol–water partition coefficient (Wildman–Crippen LogP) is 2.19. The number of ether oxygens (including phenoxy) is 1. The van der Waals surface area contributed by atoms with Crippen LogP contribution >= 0.6 is 0 Å². The second kappa shape index (κ2) is 5.75. The average Bonchev–Trinajstić information content (AvgIpc) is 2.46. The van der Waals surface area contributed by atoms with Crippen LogP contribution < -0.4 is 4.90 Å². The molecular formula is C15H18N2O2. The van der Waals surface area contributed by atoms with Crippen molar-refractivity contribution in [1.29, 1.82) is 5.26 Å². The second-order valence-corrected chi connectivity index (χ2v) is 5.00. The molecule has 19 heavy (non-hydrogen) atoms. The molecule has 1 aromatic carbocycles. The summed E-state index contributed by atoms with van der Waals surface area (Å²) in [4.78, 5) is 13.9. The highest BCUT2D eigenvalue weighted by atomic mass is 16.5. The molecule has 1 aromatic rings. The lowest BCUT2D eigenvalue weighted by molar-refractivity contribution is -0.147. The summed E-state index contributed by atoms with van der Waals surface area (Å²) in [6.07, 6.45) is 0.813. The molecule has 1 heterocycles. The van der Waals surface area contributed by atoms with Gasteiger partial charge in [0.15, 0.2) is 0 Å². The number of hydrogen-bond donors (Lipinski definition) is 0. The largest absolute Gasteiger partial charge is 0.469 e. The van der Waals surface area contributed by atoms with Crippen molar-refractivity contribution in [3.63, 3.8) is 0 Å². The van der Waals surface area contributed by atoms with Gasteiger partial charge < -0.3 is 9.64 Å². The zero-order valence-electron chi connectivity index (χ0n) is 11.3. The minimum Gasteiger partial charge on any atom is -0.469 e. The standard InChI is InChI=1S/C15H18N2O2/c1-11-10-17(8-7-14(11)15(18)19-2)13-5-3-12(9-16)4-6-13/h3-6,11,14H,7-8,10H2,1-2H3/t11-,14-/m0/s1. The van der Waals surface area contributed by atoms with Crippen molar-refractivity contribution in [1.82, 2.24) is 0 Å². The molecule has 0 unspecified atom stereocenters. The van der Waals surface area contributed by atoms with Crippen molar-refractivity contribution in [2.75, 3.05) is 25.1 Å². The van der Waals surface area contributed by atoms with Gasteiger partial charge in [-0.05, 0) is 36.6 Å². The highest BCUT2D eigenvalue weighted by Crippen LogP contribution is 2.28. The van der Waals surface area contributed by atoms with Crippen LogP contribution in [0.4, 0.5) is 5.69 Å². The summed E-state index contributed by atoms with van der Waals surface area (Å²) < 4.78 is 4.84. The fraction of sp³-hybridized carbons (Fsp3) is 0.467. The van der Waals surface area contributed by atoms with Crippen LogP contribution in [0.25, 0.3) is 0 Å². The third-order valence-electron chi connectivity index (χ3n) is 3.77. The van der Waals surface area contributed by atoms with Gasteiger partial charge in [0.2, 0.25) is 0 Å². The molecule has 4 nitrogen and oxygen atoms in total. The van der Waals surface area contributed by atoms with E-state index in [4.69, 9.17) is 10.00 Å². The first kappa shape index (κ1) is 13.4. The van der Waals surface area contributed by atoms with E-state index in [0.717, 1.165) is 25.2 Å². The number of piperidine rings is 1. The number of methoxy groups -OCH3 is 1. The van der Waals surface area contributed by atoms with Gasteiger partial charge >= 0.3 is 5.97 Å². The van der Waals surface area contributed by atoms with E-state index in [2.05, 4.69) is 17.9 Å². The number of esters is 1. The van der Waals surface area contributed by atoms with Crippen LogP contribution in [0.3, 0.4) is 0 Å². The highest BCUT2D eigenvalue weighted by molar-refractivity contribution is 5.73. The maximum Gasteiger partial charge on any atom is 0.309 e. The molecule has 100 valence electrons. The number of benzene rings is 1. The summed E-state index contributed by atoms with van der Waals surface area (Å²) in [5.74, 6) is 0.170. The van der Waals surface area contributed by atoms with Gasteiger partial charge in [-0.15, -0.1) is 0 Å². The van der Waals surface area contributed by atoms with E-state index in [1.807, 2.05) is 24.3 Å². The monoisotopic (exact) mass is 258 g/mol. The minimum atomic E-state index is -0.105. The maximum atomic E-state index is 11.6. The van der Waals surface area contributed by atoms with E-state index in [-0.39, 0.29) is 17.8 Å². The summed E-state index contributed by atoms with van der Waals surface area (Å²) in [5.41, 5.74) is 1.77. The SMILES string of the molecule is COC(=O)[C@H]1CCN(c2ccc(C#N)cc2)C[C@@H]1C. The molecule has 0 bridgehead atoms. The Balaban J connectivity index is 2.05. The summed E-state index contributed by atoms with van der Waals surface area (Å²) in [6, 6.07) is 9.69. The van der Waals surface area contributed by atoms with Crippen LogP contribution in [0.15, 0.2) is 24.3 Å². The highest BCUT2D eigenvalue weighted by Gasteiger charge is 2.31. The van der Waals surface area contributed by atoms with Crippen LogP contribution in [0.1, 0.15) is 18.9 Å². The number of hydrogen-bond acceptors (Lipinski definition) is 4. The molecule has 0 amide bonds. The molecule has 1 saturated heterocycles. The average molecular weight is 258 g/mol. The summed E-state index contributed by atoms with van der Waals surface area (Å²) in [7, 11) is 1.45. The van der Waals surface area contributed by atoms with E-state index in [0.29, 0.717) is 5.56 Å². The van der Waals surface area contributed by atoms with E-state index >= 15 is 0 Å². The smallest absolute Gasteiger partial charge is 0.309 e. The molecule has 0 aliphatic carbocycles. The van der Waals surface area contributed by atoms with Gasteiger partial charge in [0.1, 0.15) is 0 Å². The van der Waals surface area contributed by atoms with Crippen molar-refractivity contribution in [3.8, 4) is 6.07 Å². The lowest BCUT2D eigenvalue weighted by Crippen LogP contribution is -2.42. The molecule has 1 aliphatic rings. The fourth-order valence-corrected chi connectivity index (χ4v) is 2.63.